The van der Waals surface area contributed by atoms with Crippen molar-refractivity contribution in [3.8, 4) is 11.5 Å². The zero-order valence-electron chi connectivity index (χ0n) is 15.1. The molecule has 140 valence electrons. The number of halogens is 1. The van der Waals surface area contributed by atoms with Gasteiger partial charge in [0, 0.05) is 11.3 Å². The molecule has 26 heavy (non-hydrogen) atoms. The van der Waals surface area contributed by atoms with Gasteiger partial charge in [0.05, 0.1) is 19.8 Å². The van der Waals surface area contributed by atoms with Gasteiger partial charge in [0.1, 0.15) is 0 Å². The monoisotopic (exact) mass is 376 g/mol. The van der Waals surface area contributed by atoms with Gasteiger partial charge >= 0.3 is 0 Å². The maximum Gasteiger partial charge on any atom is 0.251 e. The Bertz CT molecular complexity index is 780. The van der Waals surface area contributed by atoms with Crippen molar-refractivity contribution >= 4 is 24.0 Å². The zero-order valence-corrected chi connectivity index (χ0v) is 15.9. The van der Waals surface area contributed by atoms with Crippen molar-refractivity contribution < 1.29 is 14.3 Å². The van der Waals surface area contributed by atoms with Gasteiger partial charge in [-0.15, -0.1) is 12.4 Å². The number of amides is 1. The van der Waals surface area contributed by atoms with Gasteiger partial charge in [-0.3, -0.25) is 4.79 Å². The molecular weight excluding hydrogens is 352 g/mol. The second kappa shape index (κ2) is 8.81. The average Bonchev–Trinajstić information content (AvgIpc) is 2.62. The smallest absolute Gasteiger partial charge is 0.251 e. The van der Waals surface area contributed by atoms with Crippen molar-refractivity contribution in [3.05, 3.63) is 53.1 Å². The van der Waals surface area contributed by atoms with E-state index in [2.05, 4.69) is 5.32 Å². The Morgan fingerprint density at radius 1 is 1.23 bits per heavy atom. The van der Waals surface area contributed by atoms with Crippen molar-refractivity contribution in [3.63, 3.8) is 0 Å². The van der Waals surface area contributed by atoms with E-state index in [1.165, 1.54) is 5.56 Å². The lowest BCUT2D eigenvalue weighted by Crippen LogP contribution is -2.31. The molecule has 1 aliphatic carbocycles. The van der Waals surface area contributed by atoms with Crippen LogP contribution in [0.3, 0.4) is 0 Å². The molecule has 2 aromatic rings. The maximum absolute atomic E-state index is 12.7. The van der Waals surface area contributed by atoms with Gasteiger partial charge in [-0.2, -0.15) is 0 Å². The van der Waals surface area contributed by atoms with Crippen LogP contribution in [0.5, 0.6) is 11.5 Å². The molecule has 2 aromatic carbocycles. The molecule has 6 heteroatoms. The molecule has 0 bridgehead atoms. The third-order valence-electron chi connectivity index (χ3n) is 4.51. The number of nitrogens with one attached hydrogen (secondary N) is 1. The highest BCUT2D eigenvalue weighted by molar-refractivity contribution is 5.95. The number of carbonyl (C=O) groups excluding carboxylic acids is 1. The van der Waals surface area contributed by atoms with Crippen LogP contribution in [0.1, 0.15) is 47.3 Å². The summed E-state index contributed by atoms with van der Waals surface area (Å²) in [5.74, 6) is 1.09. The highest BCUT2D eigenvalue weighted by atomic mass is 35.5. The normalized spacial score (nSPS) is 15.4. The van der Waals surface area contributed by atoms with Gasteiger partial charge in [0.2, 0.25) is 0 Å². The van der Waals surface area contributed by atoms with Crippen LogP contribution in [0, 0.1) is 0 Å². The molecule has 0 saturated carbocycles. The van der Waals surface area contributed by atoms with E-state index in [1.54, 1.807) is 25.3 Å². The van der Waals surface area contributed by atoms with Crippen molar-refractivity contribution in [1.82, 2.24) is 5.32 Å². The molecule has 3 N–H and O–H groups in total. The lowest BCUT2D eigenvalue weighted by molar-refractivity contribution is 0.0932. The fourth-order valence-corrected chi connectivity index (χ4v) is 3.31. The Kier molecular flexibility index (Phi) is 6.75. The van der Waals surface area contributed by atoms with Crippen LogP contribution in [-0.4, -0.2) is 19.6 Å². The third-order valence-corrected chi connectivity index (χ3v) is 4.51. The molecule has 1 unspecified atom stereocenters. The van der Waals surface area contributed by atoms with Crippen LogP contribution in [0.25, 0.3) is 0 Å². The Morgan fingerprint density at radius 2 is 2.04 bits per heavy atom. The second-order valence-corrected chi connectivity index (χ2v) is 6.18. The van der Waals surface area contributed by atoms with Gasteiger partial charge in [0.15, 0.2) is 11.5 Å². The molecule has 3 rings (SSSR count). The SMILES string of the molecule is CCOc1ccc(C(=O)NC2CCCc3cc(N)ccc32)cc1OC.Cl. The molecule has 0 aromatic heterocycles. The first kappa shape index (κ1) is 19.9. The summed E-state index contributed by atoms with van der Waals surface area (Å²) >= 11 is 0. The zero-order chi connectivity index (χ0) is 17.8. The van der Waals surface area contributed by atoms with Crippen molar-refractivity contribution in [1.29, 1.82) is 0 Å². The first-order valence-electron chi connectivity index (χ1n) is 8.62. The van der Waals surface area contributed by atoms with Crippen LogP contribution in [-0.2, 0) is 6.42 Å². The molecular formula is C20H25ClN2O3. The molecule has 0 heterocycles. The molecule has 0 saturated heterocycles. The van der Waals surface area contributed by atoms with E-state index in [1.807, 2.05) is 25.1 Å². The number of carbonyl (C=O) groups is 1. The van der Waals surface area contributed by atoms with Crippen LogP contribution in [0.4, 0.5) is 5.69 Å². The van der Waals surface area contributed by atoms with E-state index in [9.17, 15) is 4.79 Å². The minimum absolute atomic E-state index is 0. The summed E-state index contributed by atoms with van der Waals surface area (Å²) in [4.78, 5) is 12.7. The minimum atomic E-state index is -0.115. The van der Waals surface area contributed by atoms with E-state index >= 15 is 0 Å². The van der Waals surface area contributed by atoms with Crippen LogP contribution in [0.15, 0.2) is 36.4 Å². The van der Waals surface area contributed by atoms with E-state index in [4.69, 9.17) is 15.2 Å². The number of fused-ring (bicyclic) bond motifs is 1. The number of aryl methyl sites for hydroxylation is 1. The second-order valence-electron chi connectivity index (χ2n) is 6.18. The van der Waals surface area contributed by atoms with E-state index < -0.39 is 0 Å². The molecule has 1 amide bonds. The summed E-state index contributed by atoms with van der Waals surface area (Å²) in [6, 6.07) is 11.2. The first-order chi connectivity index (χ1) is 12.1. The highest BCUT2D eigenvalue weighted by Gasteiger charge is 2.23. The van der Waals surface area contributed by atoms with Gasteiger partial charge in [-0.25, -0.2) is 0 Å². The third kappa shape index (κ3) is 4.22. The molecule has 0 radical (unpaired) electrons. The molecule has 0 aliphatic heterocycles. The van der Waals surface area contributed by atoms with Crippen molar-refractivity contribution in [2.75, 3.05) is 19.5 Å². The number of anilines is 1. The van der Waals surface area contributed by atoms with Crippen LogP contribution in [0.2, 0.25) is 0 Å². The topological polar surface area (TPSA) is 73.6 Å². The molecule has 1 aliphatic rings. The maximum atomic E-state index is 12.7. The van der Waals surface area contributed by atoms with Gasteiger partial charge in [-0.05, 0) is 67.6 Å². The summed E-state index contributed by atoms with van der Waals surface area (Å²) in [6.45, 7) is 2.46. The Balaban J connectivity index is 0.00000243. The minimum Gasteiger partial charge on any atom is -0.493 e. The van der Waals surface area contributed by atoms with Crippen LogP contribution >= 0.6 is 12.4 Å². The Hall–Kier alpha value is -2.40. The Morgan fingerprint density at radius 3 is 2.77 bits per heavy atom. The summed E-state index contributed by atoms with van der Waals surface area (Å²) < 4.78 is 10.8. The van der Waals surface area contributed by atoms with Gasteiger partial charge in [-0.1, -0.05) is 6.07 Å². The Labute approximate surface area is 160 Å². The fourth-order valence-electron chi connectivity index (χ4n) is 3.31. The van der Waals surface area contributed by atoms with E-state index in [0.717, 1.165) is 30.5 Å². The van der Waals surface area contributed by atoms with Crippen molar-refractivity contribution in [2.45, 2.75) is 32.2 Å². The molecule has 0 spiro atoms. The molecule has 0 fully saturated rings. The number of ether oxygens (including phenoxy) is 2. The number of nitrogen functional groups attached to an aromatic ring is 1. The number of nitrogens with two attached hydrogens (primary N) is 1. The number of benzene rings is 2. The number of hydrogen-bond acceptors (Lipinski definition) is 4. The fraction of sp³-hybridized carbons (Fsp3) is 0.350. The quantitative estimate of drug-likeness (QED) is 0.776. The standard InChI is InChI=1S/C20H24N2O3.ClH/c1-3-25-18-10-7-14(12-19(18)24-2)20(23)22-17-6-4-5-13-11-15(21)8-9-16(13)17;/h7-12,17H,3-6,21H2,1-2H3,(H,22,23);1H. The average molecular weight is 377 g/mol. The summed E-state index contributed by atoms with van der Waals surface area (Å²) in [5, 5.41) is 3.14. The predicted octanol–water partition coefficient (Wildman–Crippen LogP) is 3.91. The number of methoxy groups -OCH3 is 1. The van der Waals surface area contributed by atoms with E-state index in [0.29, 0.717) is 23.7 Å². The van der Waals surface area contributed by atoms with E-state index in [-0.39, 0.29) is 24.4 Å². The summed E-state index contributed by atoms with van der Waals surface area (Å²) in [6.07, 6.45) is 2.97. The number of rotatable bonds is 5. The summed E-state index contributed by atoms with van der Waals surface area (Å²) in [7, 11) is 1.57. The summed E-state index contributed by atoms with van der Waals surface area (Å²) in [5.41, 5.74) is 9.58. The largest absolute Gasteiger partial charge is 0.493 e. The van der Waals surface area contributed by atoms with Gasteiger partial charge in [0.25, 0.3) is 5.91 Å². The number of hydrogen-bond donors (Lipinski definition) is 2. The molecule has 5 nitrogen and oxygen atoms in total. The predicted molar refractivity (Wildman–Crippen MR) is 105 cm³/mol. The molecule has 1 atom stereocenters. The van der Waals surface area contributed by atoms with Crippen LogP contribution < -0.4 is 20.5 Å². The first-order valence-corrected chi connectivity index (χ1v) is 8.62. The van der Waals surface area contributed by atoms with Gasteiger partial charge < -0.3 is 20.5 Å². The lowest BCUT2D eigenvalue weighted by Gasteiger charge is -2.26. The lowest BCUT2D eigenvalue weighted by atomic mass is 9.87. The van der Waals surface area contributed by atoms with Crippen molar-refractivity contribution in [2.24, 2.45) is 0 Å². The highest BCUT2D eigenvalue weighted by Crippen LogP contribution is 2.32.